The summed E-state index contributed by atoms with van der Waals surface area (Å²) in [4.78, 5) is 25.7. The Hall–Kier alpha value is -3.48. The third-order valence-electron chi connectivity index (χ3n) is 5.38. The van der Waals surface area contributed by atoms with E-state index in [-0.39, 0.29) is 23.6 Å². The van der Waals surface area contributed by atoms with Crippen LogP contribution in [0.2, 0.25) is 0 Å². The molecular weight excluding hydrogens is 374 g/mol. The molecule has 3 heterocycles. The second kappa shape index (κ2) is 6.84. The summed E-state index contributed by atoms with van der Waals surface area (Å²) in [7, 11) is 0. The van der Waals surface area contributed by atoms with Crippen LogP contribution in [-0.2, 0) is 0 Å². The maximum absolute atomic E-state index is 13.5. The third kappa shape index (κ3) is 3.18. The summed E-state index contributed by atoms with van der Waals surface area (Å²) in [6.07, 6.45) is 3.41. The van der Waals surface area contributed by atoms with Crippen molar-refractivity contribution in [1.29, 1.82) is 0 Å². The van der Waals surface area contributed by atoms with Crippen molar-refractivity contribution in [2.75, 3.05) is 6.54 Å². The average Bonchev–Trinajstić information content (AvgIpc) is 3.46. The summed E-state index contributed by atoms with van der Waals surface area (Å²) in [6, 6.07) is 12.2. The SMILES string of the molecule is O=C(c1cc(-c2ccc(F)cc2)c[nH]1)N1CCCC1c1nc2ccc(F)cc2[nH]1. The summed E-state index contributed by atoms with van der Waals surface area (Å²) < 4.78 is 26.6. The molecule has 0 radical (unpaired) electrons. The molecule has 2 aromatic heterocycles. The highest BCUT2D eigenvalue weighted by Gasteiger charge is 2.33. The molecule has 1 aliphatic heterocycles. The number of aromatic nitrogens is 3. The summed E-state index contributed by atoms with van der Waals surface area (Å²) in [5.74, 6) is -0.0766. The van der Waals surface area contributed by atoms with Crippen LogP contribution in [0.1, 0.15) is 35.2 Å². The van der Waals surface area contributed by atoms with Gasteiger partial charge in [0, 0.05) is 12.7 Å². The number of rotatable bonds is 3. The van der Waals surface area contributed by atoms with E-state index >= 15 is 0 Å². The Kier molecular flexibility index (Phi) is 4.16. The third-order valence-corrected chi connectivity index (χ3v) is 5.38. The summed E-state index contributed by atoms with van der Waals surface area (Å²) >= 11 is 0. The van der Waals surface area contributed by atoms with Crippen molar-refractivity contribution in [3.63, 3.8) is 0 Å². The highest BCUT2D eigenvalue weighted by Crippen LogP contribution is 2.33. The van der Waals surface area contributed by atoms with Crippen molar-refractivity contribution in [2.45, 2.75) is 18.9 Å². The van der Waals surface area contributed by atoms with Crippen LogP contribution in [0.25, 0.3) is 22.2 Å². The van der Waals surface area contributed by atoms with Crippen LogP contribution in [0.4, 0.5) is 8.78 Å². The van der Waals surface area contributed by atoms with Gasteiger partial charge in [-0.15, -0.1) is 0 Å². The van der Waals surface area contributed by atoms with Gasteiger partial charge in [0.05, 0.1) is 17.1 Å². The Balaban J connectivity index is 1.42. The molecule has 2 N–H and O–H groups in total. The van der Waals surface area contributed by atoms with Gasteiger partial charge in [0.2, 0.25) is 0 Å². The number of nitrogens with zero attached hydrogens (tertiary/aromatic N) is 2. The van der Waals surface area contributed by atoms with Gasteiger partial charge in [-0.2, -0.15) is 0 Å². The second-order valence-corrected chi connectivity index (χ2v) is 7.25. The van der Waals surface area contributed by atoms with Gasteiger partial charge in [-0.25, -0.2) is 13.8 Å². The average molecular weight is 392 g/mol. The largest absolute Gasteiger partial charge is 0.357 e. The molecule has 1 aliphatic rings. The minimum Gasteiger partial charge on any atom is -0.357 e. The highest BCUT2D eigenvalue weighted by atomic mass is 19.1. The van der Waals surface area contributed by atoms with Gasteiger partial charge in [-0.05, 0) is 60.4 Å². The van der Waals surface area contributed by atoms with Crippen LogP contribution >= 0.6 is 0 Å². The van der Waals surface area contributed by atoms with Crippen molar-refractivity contribution < 1.29 is 13.6 Å². The summed E-state index contributed by atoms with van der Waals surface area (Å²) in [6.45, 7) is 0.625. The van der Waals surface area contributed by atoms with Gasteiger partial charge < -0.3 is 14.9 Å². The van der Waals surface area contributed by atoms with Crippen molar-refractivity contribution in [2.24, 2.45) is 0 Å². The Morgan fingerprint density at radius 3 is 2.66 bits per heavy atom. The lowest BCUT2D eigenvalue weighted by Crippen LogP contribution is -2.31. The minimum absolute atomic E-state index is 0.118. The predicted octanol–water partition coefficient (Wildman–Crippen LogP) is 4.81. The molecule has 1 amide bonds. The maximum atomic E-state index is 13.5. The van der Waals surface area contributed by atoms with E-state index in [1.807, 2.05) is 0 Å². The van der Waals surface area contributed by atoms with Gasteiger partial charge >= 0.3 is 0 Å². The fourth-order valence-electron chi connectivity index (χ4n) is 3.93. The fraction of sp³-hybridized carbons (Fsp3) is 0.182. The number of hydrogen-bond acceptors (Lipinski definition) is 2. The number of hydrogen-bond donors (Lipinski definition) is 2. The van der Waals surface area contributed by atoms with Crippen molar-refractivity contribution in [3.05, 3.63) is 77.9 Å². The molecule has 0 saturated carbocycles. The van der Waals surface area contributed by atoms with E-state index < -0.39 is 0 Å². The number of halogens is 2. The number of likely N-dealkylation sites (tertiary alicyclic amines) is 1. The number of carbonyl (C=O) groups excluding carboxylic acids is 1. The van der Waals surface area contributed by atoms with Crippen LogP contribution < -0.4 is 0 Å². The molecule has 4 aromatic rings. The molecule has 1 saturated heterocycles. The Labute approximate surface area is 165 Å². The number of carbonyl (C=O) groups is 1. The smallest absolute Gasteiger partial charge is 0.270 e. The van der Waals surface area contributed by atoms with Gasteiger partial charge in [0.1, 0.15) is 23.2 Å². The monoisotopic (exact) mass is 392 g/mol. The first kappa shape index (κ1) is 17.6. The number of H-pyrrole nitrogens is 2. The first-order chi connectivity index (χ1) is 14.1. The molecule has 2 aromatic carbocycles. The zero-order valence-electron chi connectivity index (χ0n) is 15.5. The van der Waals surface area contributed by atoms with Gasteiger partial charge in [-0.1, -0.05) is 12.1 Å². The van der Waals surface area contributed by atoms with Gasteiger partial charge in [0.15, 0.2) is 0 Å². The quantitative estimate of drug-likeness (QED) is 0.525. The van der Waals surface area contributed by atoms with E-state index in [9.17, 15) is 13.6 Å². The summed E-state index contributed by atoms with van der Waals surface area (Å²) in [5.41, 5.74) is 3.43. The molecule has 1 fully saturated rings. The number of benzene rings is 2. The minimum atomic E-state index is -0.327. The zero-order valence-corrected chi connectivity index (χ0v) is 15.5. The molecule has 5 rings (SSSR count). The normalized spacial score (nSPS) is 16.6. The molecular formula is C22H18F2N4O. The number of fused-ring (bicyclic) bond motifs is 1. The lowest BCUT2D eigenvalue weighted by atomic mass is 10.1. The number of nitrogens with one attached hydrogen (secondary N) is 2. The Morgan fingerprint density at radius 1 is 1.03 bits per heavy atom. The van der Waals surface area contributed by atoms with Crippen LogP contribution in [0.5, 0.6) is 0 Å². The number of imidazole rings is 1. The van der Waals surface area contributed by atoms with E-state index in [1.54, 1.807) is 35.4 Å². The van der Waals surface area contributed by atoms with Crippen LogP contribution in [0.15, 0.2) is 54.7 Å². The Bertz CT molecular complexity index is 1200. The molecule has 1 unspecified atom stereocenters. The molecule has 0 bridgehead atoms. The molecule has 1 atom stereocenters. The molecule has 0 aliphatic carbocycles. The first-order valence-electron chi connectivity index (χ1n) is 9.49. The van der Waals surface area contributed by atoms with Crippen molar-refractivity contribution in [3.8, 4) is 11.1 Å². The first-order valence-corrected chi connectivity index (χ1v) is 9.49. The number of amides is 1. The fourth-order valence-corrected chi connectivity index (χ4v) is 3.93. The van der Waals surface area contributed by atoms with Gasteiger partial charge in [0.25, 0.3) is 5.91 Å². The molecule has 5 nitrogen and oxygen atoms in total. The molecule has 29 heavy (non-hydrogen) atoms. The maximum Gasteiger partial charge on any atom is 0.270 e. The predicted molar refractivity (Wildman–Crippen MR) is 105 cm³/mol. The molecule has 146 valence electrons. The van der Waals surface area contributed by atoms with E-state index in [2.05, 4.69) is 15.0 Å². The van der Waals surface area contributed by atoms with E-state index in [0.717, 1.165) is 24.0 Å². The highest BCUT2D eigenvalue weighted by molar-refractivity contribution is 5.94. The zero-order chi connectivity index (χ0) is 20.0. The second-order valence-electron chi connectivity index (χ2n) is 7.25. The molecule has 0 spiro atoms. The van der Waals surface area contributed by atoms with Crippen LogP contribution in [0.3, 0.4) is 0 Å². The lowest BCUT2D eigenvalue weighted by Gasteiger charge is -2.22. The summed E-state index contributed by atoms with van der Waals surface area (Å²) in [5, 5.41) is 0. The standard InChI is InChI=1S/C22H18F2N4O/c23-15-5-3-13(4-6-15)14-10-19(25-12-14)22(29)28-9-1-2-20(28)21-26-17-8-7-16(24)11-18(17)27-21/h3-8,10-12,20,25H,1-2,9H2,(H,26,27). The van der Waals surface area contributed by atoms with Gasteiger partial charge in [-0.3, -0.25) is 4.79 Å². The van der Waals surface area contributed by atoms with E-state index in [1.165, 1.54) is 24.3 Å². The van der Waals surface area contributed by atoms with Crippen LogP contribution in [0, 0.1) is 11.6 Å². The lowest BCUT2D eigenvalue weighted by molar-refractivity contribution is 0.0725. The number of aromatic amines is 2. The van der Waals surface area contributed by atoms with Crippen molar-refractivity contribution in [1.82, 2.24) is 19.9 Å². The van der Waals surface area contributed by atoms with E-state index in [0.29, 0.717) is 29.1 Å². The van der Waals surface area contributed by atoms with E-state index in [4.69, 9.17) is 0 Å². The van der Waals surface area contributed by atoms with Crippen LogP contribution in [-0.4, -0.2) is 32.3 Å². The Morgan fingerprint density at radius 2 is 1.83 bits per heavy atom. The topological polar surface area (TPSA) is 64.8 Å². The molecule has 7 heteroatoms. The van der Waals surface area contributed by atoms with Crippen molar-refractivity contribution >= 4 is 16.9 Å².